The van der Waals surface area contributed by atoms with Gasteiger partial charge in [0, 0.05) is 38.6 Å². The normalized spacial score (nSPS) is 17.1. The highest BCUT2D eigenvalue weighted by Crippen LogP contribution is 2.30. The lowest BCUT2D eigenvalue weighted by molar-refractivity contribution is 0.406. The number of rotatable bonds is 7. The van der Waals surface area contributed by atoms with Crippen molar-refractivity contribution in [3.05, 3.63) is 54.1 Å². The second kappa shape index (κ2) is 11.9. The van der Waals surface area contributed by atoms with Gasteiger partial charge in [-0.15, -0.1) is 24.0 Å². The first-order valence-electron chi connectivity index (χ1n) is 10.1. The van der Waals surface area contributed by atoms with Crippen LogP contribution in [-0.2, 0) is 0 Å². The van der Waals surface area contributed by atoms with E-state index in [0.717, 1.165) is 49.2 Å². The van der Waals surface area contributed by atoms with Crippen LogP contribution in [-0.4, -0.2) is 52.9 Å². The molecule has 164 valence electrons. The molecule has 2 N–H and O–H groups in total. The zero-order valence-corrected chi connectivity index (χ0v) is 20.6. The van der Waals surface area contributed by atoms with Gasteiger partial charge in [-0.1, -0.05) is 37.3 Å². The van der Waals surface area contributed by atoms with Crippen molar-refractivity contribution in [1.82, 2.24) is 10.6 Å². The molecule has 2 unspecified atom stereocenters. The number of para-hydroxylation sites is 3. The molecule has 0 bridgehead atoms. The molecule has 2 aromatic rings. The monoisotopic (exact) mass is 524 g/mol. The molecular weight excluding hydrogens is 491 g/mol. The molecule has 2 aromatic carbocycles. The van der Waals surface area contributed by atoms with Crippen LogP contribution in [0.4, 0.5) is 5.69 Å². The SMILES string of the molecule is CN=C(NCC(C)c1ccccc1OC)NC1CCN(c2ccccc2OC)C1.I. The number of benzene rings is 2. The molecule has 3 rings (SSSR count). The molecule has 0 spiro atoms. The van der Waals surface area contributed by atoms with Crippen molar-refractivity contribution in [3.8, 4) is 11.5 Å². The Balaban J connectivity index is 0.00000320. The number of nitrogens with zero attached hydrogens (tertiary/aromatic N) is 2. The van der Waals surface area contributed by atoms with E-state index in [1.54, 1.807) is 14.2 Å². The van der Waals surface area contributed by atoms with Crippen molar-refractivity contribution >= 4 is 35.6 Å². The minimum Gasteiger partial charge on any atom is -0.496 e. The molecule has 0 aromatic heterocycles. The molecule has 7 heteroatoms. The van der Waals surface area contributed by atoms with Gasteiger partial charge >= 0.3 is 0 Å². The highest BCUT2D eigenvalue weighted by Gasteiger charge is 2.25. The van der Waals surface area contributed by atoms with Crippen LogP contribution in [0, 0.1) is 0 Å². The van der Waals surface area contributed by atoms with Crippen molar-refractivity contribution in [1.29, 1.82) is 0 Å². The van der Waals surface area contributed by atoms with Crippen molar-refractivity contribution in [2.75, 3.05) is 45.8 Å². The molecule has 0 radical (unpaired) electrons. The fourth-order valence-corrected chi connectivity index (χ4v) is 3.81. The topological polar surface area (TPSA) is 58.1 Å². The van der Waals surface area contributed by atoms with E-state index in [-0.39, 0.29) is 24.0 Å². The maximum absolute atomic E-state index is 5.51. The average molecular weight is 524 g/mol. The lowest BCUT2D eigenvalue weighted by Crippen LogP contribution is -2.45. The summed E-state index contributed by atoms with van der Waals surface area (Å²) in [7, 11) is 5.25. The van der Waals surface area contributed by atoms with Crippen LogP contribution in [0.1, 0.15) is 24.8 Å². The summed E-state index contributed by atoms with van der Waals surface area (Å²) in [5.41, 5.74) is 2.34. The van der Waals surface area contributed by atoms with E-state index < -0.39 is 0 Å². The Bertz CT molecular complexity index is 830. The predicted molar refractivity (Wildman–Crippen MR) is 135 cm³/mol. The lowest BCUT2D eigenvalue weighted by Gasteiger charge is -2.23. The second-order valence-corrected chi connectivity index (χ2v) is 7.34. The molecule has 0 amide bonds. The van der Waals surface area contributed by atoms with Crippen LogP contribution in [0.25, 0.3) is 0 Å². The maximum atomic E-state index is 5.51. The van der Waals surface area contributed by atoms with Crippen LogP contribution >= 0.6 is 24.0 Å². The Morgan fingerprint density at radius 3 is 2.47 bits per heavy atom. The number of ether oxygens (including phenoxy) is 2. The Morgan fingerprint density at radius 2 is 1.77 bits per heavy atom. The van der Waals surface area contributed by atoms with Gasteiger partial charge in [0.25, 0.3) is 0 Å². The Labute approximate surface area is 197 Å². The van der Waals surface area contributed by atoms with Crippen LogP contribution < -0.4 is 25.0 Å². The summed E-state index contributed by atoms with van der Waals surface area (Å²) in [5, 5.41) is 7.03. The number of guanidine groups is 1. The Hall–Kier alpha value is -2.16. The quantitative estimate of drug-likeness (QED) is 0.327. The first kappa shape index (κ1) is 24.1. The number of hydrogen-bond donors (Lipinski definition) is 2. The first-order chi connectivity index (χ1) is 14.2. The van der Waals surface area contributed by atoms with Gasteiger partial charge in [-0.25, -0.2) is 0 Å². The van der Waals surface area contributed by atoms with E-state index in [0.29, 0.717) is 12.0 Å². The van der Waals surface area contributed by atoms with Gasteiger partial charge < -0.3 is 25.0 Å². The summed E-state index contributed by atoms with van der Waals surface area (Å²) < 4.78 is 11.0. The summed E-state index contributed by atoms with van der Waals surface area (Å²) >= 11 is 0. The summed E-state index contributed by atoms with van der Waals surface area (Å²) in [4.78, 5) is 6.77. The summed E-state index contributed by atoms with van der Waals surface area (Å²) in [5.74, 6) is 2.98. The average Bonchev–Trinajstić information content (AvgIpc) is 3.24. The molecule has 1 aliphatic heterocycles. The molecule has 6 nitrogen and oxygen atoms in total. The first-order valence-corrected chi connectivity index (χ1v) is 10.1. The van der Waals surface area contributed by atoms with Gasteiger partial charge in [0.05, 0.1) is 19.9 Å². The van der Waals surface area contributed by atoms with Gasteiger partial charge in [-0.2, -0.15) is 0 Å². The maximum Gasteiger partial charge on any atom is 0.191 e. The smallest absolute Gasteiger partial charge is 0.191 e. The fraction of sp³-hybridized carbons (Fsp3) is 0.435. The largest absolute Gasteiger partial charge is 0.496 e. The summed E-state index contributed by atoms with van der Waals surface area (Å²) in [6, 6.07) is 16.7. The van der Waals surface area contributed by atoms with E-state index in [1.165, 1.54) is 5.56 Å². The number of methoxy groups -OCH3 is 2. The highest BCUT2D eigenvalue weighted by molar-refractivity contribution is 14.0. The summed E-state index contributed by atoms with van der Waals surface area (Å²) in [6.45, 7) is 4.88. The molecule has 1 heterocycles. The zero-order chi connectivity index (χ0) is 20.6. The van der Waals surface area contributed by atoms with Crippen molar-refractivity contribution in [3.63, 3.8) is 0 Å². The molecular formula is C23H33IN4O2. The van der Waals surface area contributed by atoms with E-state index in [9.17, 15) is 0 Å². The van der Waals surface area contributed by atoms with Crippen molar-refractivity contribution in [2.45, 2.75) is 25.3 Å². The number of aliphatic imine (C=N–C) groups is 1. The summed E-state index contributed by atoms with van der Waals surface area (Å²) in [6.07, 6.45) is 1.06. The van der Waals surface area contributed by atoms with Gasteiger partial charge in [-0.3, -0.25) is 4.99 Å². The minimum atomic E-state index is 0. The van der Waals surface area contributed by atoms with Gasteiger partial charge in [0.1, 0.15) is 11.5 Å². The molecule has 0 saturated carbocycles. The number of nitrogens with one attached hydrogen (secondary N) is 2. The molecule has 1 aliphatic rings. The Kier molecular flexibility index (Phi) is 9.55. The van der Waals surface area contributed by atoms with Gasteiger partial charge in [0.2, 0.25) is 0 Å². The highest BCUT2D eigenvalue weighted by atomic mass is 127. The second-order valence-electron chi connectivity index (χ2n) is 7.34. The van der Waals surface area contributed by atoms with E-state index >= 15 is 0 Å². The molecule has 2 atom stereocenters. The van der Waals surface area contributed by atoms with Crippen LogP contribution in [0.15, 0.2) is 53.5 Å². The molecule has 30 heavy (non-hydrogen) atoms. The third-order valence-electron chi connectivity index (χ3n) is 5.42. The lowest BCUT2D eigenvalue weighted by atomic mass is 10.0. The third kappa shape index (κ3) is 5.93. The molecule has 0 aliphatic carbocycles. The van der Waals surface area contributed by atoms with Gasteiger partial charge in [0.15, 0.2) is 5.96 Å². The van der Waals surface area contributed by atoms with Crippen LogP contribution in [0.5, 0.6) is 11.5 Å². The zero-order valence-electron chi connectivity index (χ0n) is 18.2. The van der Waals surface area contributed by atoms with E-state index in [4.69, 9.17) is 9.47 Å². The number of anilines is 1. The molecule has 1 saturated heterocycles. The number of hydrogen-bond acceptors (Lipinski definition) is 4. The van der Waals surface area contributed by atoms with E-state index in [2.05, 4.69) is 45.6 Å². The number of halogens is 1. The van der Waals surface area contributed by atoms with Crippen LogP contribution in [0.3, 0.4) is 0 Å². The van der Waals surface area contributed by atoms with Crippen LogP contribution in [0.2, 0.25) is 0 Å². The third-order valence-corrected chi connectivity index (χ3v) is 5.42. The van der Waals surface area contributed by atoms with Crippen molar-refractivity contribution < 1.29 is 9.47 Å². The fourth-order valence-electron chi connectivity index (χ4n) is 3.81. The van der Waals surface area contributed by atoms with E-state index in [1.807, 2.05) is 37.4 Å². The van der Waals surface area contributed by atoms with Gasteiger partial charge in [-0.05, 0) is 30.2 Å². The Morgan fingerprint density at radius 1 is 1.10 bits per heavy atom. The predicted octanol–water partition coefficient (Wildman–Crippen LogP) is 3.87. The standard InChI is InChI=1S/C23H32N4O2.HI/c1-17(19-9-5-7-11-21(19)28-3)15-25-23(24-2)26-18-13-14-27(16-18)20-10-6-8-12-22(20)29-4;/h5-12,17-18H,13-16H2,1-4H3,(H2,24,25,26);1H. The van der Waals surface area contributed by atoms with Crippen molar-refractivity contribution in [2.24, 2.45) is 4.99 Å². The minimum absolute atomic E-state index is 0. The molecule has 1 fully saturated rings.